The average molecular weight is 818 g/mol. The predicted octanol–water partition coefficient (Wildman–Crippen LogP) is 13.9. The highest BCUT2D eigenvalue weighted by Gasteiger charge is 2.24. The van der Waals surface area contributed by atoms with E-state index in [0.29, 0.717) is 17.7 Å². The summed E-state index contributed by atoms with van der Waals surface area (Å²) in [6, 6.07) is 75.4. The first-order valence-corrected chi connectivity index (χ1v) is 21.6. The summed E-state index contributed by atoms with van der Waals surface area (Å²) in [7, 11) is 0. The maximum Gasteiger partial charge on any atom is 0.240 e. The van der Waals surface area contributed by atoms with Gasteiger partial charge in [0, 0.05) is 60.0 Å². The molecule has 0 spiro atoms. The Morgan fingerprint density at radius 2 is 0.562 bits per heavy atom. The minimum absolute atomic E-state index is 0.546. The largest absolute Gasteiger partial charge is 0.309 e. The fourth-order valence-electron chi connectivity index (χ4n) is 10.3. The van der Waals surface area contributed by atoms with E-state index in [9.17, 15) is 0 Å². The van der Waals surface area contributed by atoms with Gasteiger partial charge in [-0.1, -0.05) is 140 Å². The molecule has 9 aromatic carbocycles. The molecule has 0 N–H and O–H groups in total. The van der Waals surface area contributed by atoms with Crippen LogP contribution in [0.3, 0.4) is 0 Å². The van der Waals surface area contributed by atoms with Crippen molar-refractivity contribution < 1.29 is 0 Å². The van der Waals surface area contributed by atoms with Gasteiger partial charge in [0.05, 0.1) is 44.1 Å². The van der Waals surface area contributed by atoms with Crippen LogP contribution in [0.15, 0.2) is 212 Å². The first-order chi connectivity index (χ1) is 31.8. The van der Waals surface area contributed by atoms with Crippen LogP contribution < -0.4 is 0 Å². The third kappa shape index (κ3) is 4.94. The summed E-state index contributed by atoms with van der Waals surface area (Å²) < 4.78 is 9.21. The molecule has 298 valence electrons. The van der Waals surface area contributed by atoms with E-state index in [1.165, 1.54) is 16.2 Å². The standard InChI is InChI=1S/C57H35N7/c1-4-18-36(19-5-1)55-58-56(63-50-31-17-13-27-42(50)46-33-51-45(34-52(46)63)41-26-11-15-29-48(41)61(51)37-20-6-2-7-21-37)60-57(59-55)64-49-30-16-12-25-40(49)44-32-43-39-24-10-14-28-47(39)62(53(43)35-54(44)64)38-22-8-3-9-23-38/h1-35H. The lowest BCUT2D eigenvalue weighted by Crippen LogP contribution is -2.10. The Hall–Kier alpha value is -8.81. The second kappa shape index (κ2) is 13.3. The molecule has 7 heteroatoms. The first-order valence-electron chi connectivity index (χ1n) is 21.6. The van der Waals surface area contributed by atoms with Crippen molar-refractivity contribution >= 4 is 87.2 Å². The van der Waals surface area contributed by atoms with Crippen molar-refractivity contribution in [3.63, 3.8) is 0 Å². The van der Waals surface area contributed by atoms with Crippen molar-refractivity contribution in [1.29, 1.82) is 0 Å². The van der Waals surface area contributed by atoms with Crippen molar-refractivity contribution in [2.24, 2.45) is 0 Å². The lowest BCUT2D eigenvalue weighted by Gasteiger charge is -2.13. The zero-order valence-electron chi connectivity index (χ0n) is 34.3. The molecule has 0 atom stereocenters. The Bertz CT molecular complexity index is 4180. The monoisotopic (exact) mass is 817 g/mol. The van der Waals surface area contributed by atoms with Gasteiger partial charge in [0.1, 0.15) is 0 Å². The van der Waals surface area contributed by atoms with Crippen LogP contribution in [0.5, 0.6) is 0 Å². The Balaban J connectivity index is 1.09. The molecule has 0 fully saturated rings. The fraction of sp³-hybridized carbons (Fsp3) is 0. The van der Waals surface area contributed by atoms with Gasteiger partial charge in [-0.3, -0.25) is 9.13 Å². The third-order valence-corrected chi connectivity index (χ3v) is 13.0. The number of fused-ring (bicyclic) bond motifs is 12. The van der Waals surface area contributed by atoms with Crippen molar-refractivity contribution in [2.45, 2.75) is 0 Å². The van der Waals surface area contributed by atoms with Crippen LogP contribution in [-0.4, -0.2) is 33.2 Å². The summed E-state index contributed by atoms with van der Waals surface area (Å²) in [5, 5.41) is 9.27. The van der Waals surface area contributed by atoms with E-state index in [1.807, 2.05) is 18.2 Å². The van der Waals surface area contributed by atoms with Crippen LogP contribution in [0.1, 0.15) is 0 Å². The minimum atomic E-state index is 0.546. The molecule has 0 aliphatic rings. The highest BCUT2D eigenvalue weighted by Crippen LogP contribution is 2.42. The van der Waals surface area contributed by atoms with Crippen LogP contribution >= 0.6 is 0 Å². The topological polar surface area (TPSA) is 58.4 Å². The molecule has 0 amide bonds. The van der Waals surface area contributed by atoms with Crippen LogP contribution in [0.4, 0.5) is 0 Å². The van der Waals surface area contributed by atoms with Crippen LogP contribution in [-0.2, 0) is 0 Å². The molecular formula is C57H35N7. The van der Waals surface area contributed by atoms with E-state index in [2.05, 4.69) is 212 Å². The number of aromatic nitrogens is 7. The number of para-hydroxylation sites is 6. The number of hydrogen-bond donors (Lipinski definition) is 0. The zero-order valence-corrected chi connectivity index (χ0v) is 34.3. The molecule has 0 radical (unpaired) electrons. The van der Waals surface area contributed by atoms with Gasteiger partial charge in [-0.05, 0) is 72.8 Å². The first kappa shape index (κ1) is 34.9. The van der Waals surface area contributed by atoms with Crippen molar-refractivity contribution in [2.75, 3.05) is 0 Å². The lowest BCUT2D eigenvalue weighted by atomic mass is 10.1. The van der Waals surface area contributed by atoms with Crippen LogP contribution in [0, 0.1) is 0 Å². The molecule has 64 heavy (non-hydrogen) atoms. The van der Waals surface area contributed by atoms with Gasteiger partial charge in [-0.25, -0.2) is 0 Å². The van der Waals surface area contributed by atoms with Crippen LogP contribution in [0.2, 0.25) is 0 Å². The number of rotatable bonds is 5. The predicted molar refractivity (Wildman–Crippen MR) is 263 cm³/mol. The van der Waals surface area contributed by atoms with Gasteiger partial charge in [-0.15, -0.1) is 0 Å². The highest BCUT2D eigenvalue weighted by atomic mass is 15.3. The molecule has 7 nitrogen and oxygen atoms in total. The van der Waals surface area contributed by atoms with E-state index in [-0.39, 0.29) is 0 Å². The van der Waals surface area contributed by atoms with E-state index >= 15 is 0 Å². The molecule has 0 saturated carbocycles. The summed E-state index contributed by atoms with van der Waals surface area (Å²) in [4.78, 5) is 16.3. The van der Waals surface area contributed by atoms with Gasteiger partial charge >= 0.3 is 0 Å². The smallest absolute Gasteiger partial charge is 0.240 e. The van der Waals surface area contributed by atoms with E-state index in [4.69, 9.17) is 15.0 Å². The Morgan fingerprint density at radius 3 is 1.02 bits per heavy atom. The second-order valence-electron chi connectivity index (χ2n) is 16.5. The van der Waals surface area contributed by atoms with Crippen LogP contribution in [0.25, 0.3) is 122 Å². The molecule has 5 aromatic heterocycles. The quantitative estimate of drug-likeness (QED) is 0.174. The van der Waals surface area contributed by atoms with Crippen molar-refractivity contribution in [1.82, 2.24) is 33.2 Å². The van der Waals surface area contributed by atoms with Gasteiger partial charge in [0.15, 0.2) is 5.82 Å². The van der Waals surface area contributed by atoms with Gasteiger partial charge in [0.25, 0.3) is 0 Å². The third-order valence-electron chi connectivity index (χ3n) is 13.0. The van der Waals surface area contributed by atoms with E-state index in [0.717, 1.165) is 88.0 Å². The maximum absolute atomic E-state index is 5.53. The number of benzene rings is 9. The van der Waals surface area contributed by atoms with Gasteiger partial charge < -0.3 is 9.13 Å². The summed E-state index contributed by atoms with van der Waals surface area (Å²) in [5.74, 6) is 1.69. The Kier molecular flexibility index (Phi) is 7.27. The fourth-order valence-corrected chi connectivity index (χ4v) is 10.3. The lowest BCUT2D eigenvalue weighted by molar-refractivity contribution is 0.893. The van der Waals surface area contributed by atoms with Crippen molar-refractivity contribution in [3.8, 4) is 34.7 Å². The summed E-state index contributed by atoms with van der Waals surface area (Å²) in [5.41, 5.74) is 11.8. The average Bonchev–Trinajstić information content (AvgIpc) is 4.07. The highest BCUT2D eigenvalue weighted by molar-refractivity contribution is 6.20. The van der Waals surface area contributed by atoms with Gasteiger partial charge in [0.2, 0.25) is 11.9 Å². The molecule has 0 aliphatic heterocycles. The van der Waals surface area contributed by atoms with E-state index in [1.54, 1.807) is 0 Å². The molecule has 0 bridgehead atoms. The molecule has 0 aliphatic carbocycles. The Morgan fingerprint density at radius 1 is 0.234 bits per heavy atom. The number of hydrogen-bond acceptors (Lipinski definition) is 3. The zero-order chi connectivity index (χ0) is 41.9. The SMILES string of the molecule is c1ccc(-c2nc(-n3c4ccccc4c4cc5c(cc43)c3ccccc3n5-c3ccccc3)nc(-n3c4ccccc4c4cc5c6ccccc6n(-c6ccccc6)c5cc43)n2)cc1. The summed E-state index contributed by atoms with van der Waals surface area (Å²) in [6.07, 6.45) is 0. The minimum Gasteiger partial charge on any atom is -0.309 e. The van der Waals surface area contributed by atoms with E-state index < -0.39 is 0 Å². The maximum atomic E-state index is 5.53. The molecular weight excluding hydrogens is 783 g/mol. The second-order valence-corrected chi connectivity index (χ2v) is 16.5. The normalized spacial score (nSPS) is 12.1. The summed E-state index contributed by atoms with van der Waals surface area (Å²) >= 11 is 0. The number of nitrogens with zero attached hydrogens (tertiary/aromatic N) is 7. The Labute approximate surface area is 366 Å². The molecule has 0 saturated heterocycles. The van der Waals surface area contributed by atoms with Crippen molar-refractivity contribution in [3.05, 3.63) is 212 Å². The molecule has 5 heterocycles. The summed E-state index contributed by atoms with van der Waals surface area (Å²) in [6.45, 7) is 0. The molecule has 0 unspecified atom stereocenters. The molecule has 14 rings (SSSR count). The van der Waals surface area contributed by atoms with Gasteiger partial charge in [-0.2, -0.15) is 15.0 Å². The molecule has 14 aromatic rings.